The van der Waals surface area contributed by atoms with Crippen molar-refractivity contribution >= 4 is 5.91 Å². The van der Waals surface area contributed by atoms with Crippen LogP contribution in [0.5, 0.6) is 0 Å². The standard InChI is InChI=1S/C20H39N3O6/c1-2-3-4-5-6-7-14-28-20-16(25)15(24)18(29-20)17(26)19(27)22-10-13-23-11-8-21-9-12-23/h15-18,20-21,24-26H,2-14H2,1H3,(H,22,27)/t15-,16-,17+,18-,20-/m1/s1. The van der Waals surface area contributed by atoms with Gasteiger partial charge >= 0.3 is 0 Å². The minimum atomic E-state index is -1.56. The third-order valence-corrected chi connectivity index (χ3v) is 5.55. The van der Waals surface area contributed by atoms with E-state index in [1.165, 1.54) is 19.3 Å². The summed E-state index contributed by atoms with van der Waals surface area (Å²) in [5.74, 6) is -0.618. The summed E-state index contributed by atoms with van der Waals surface area (Å²) < 4.78 is 11.0. The first-order chi connectivity index (χ1) is 14.0. The molecule has 9 nitrogen and oxygen atoms in total. The van der Waals surface area contributed by atoms with Gasteiger partial charge in [-0.15, -0.1) is 0 Å². The van der Waals surface area contributed by atoms with E-state index in [9.17, 15) is 20.1 Å². The summed E-state index contributed by atoms with van der Waals surface area (Å²) in [6.07, 6.45) is 0.177. The van der Waals surface area contributed by atoms with E-state index in [-0.39, 0.29) is 0 Å². The summed E-state index contributed by atoms with van der Waals surface area (Å²) in [5, 5.41) is 36.5. The van der Waals surface area contributed by atoms with Crippen LogP contribution < -0.4 is 10.6 Å². The minimum absolute atomic E-state index is 0.402. The number of nitrogens with one attached hydrogen (secondary N) is 2. The smallest absolute Gasteiger partial charge is 0.251 e. The quantitative estimate of drug-likeness (QED) is 0.247. The van der Waals surface area contributed by atoms with Crippen LogP contribution in [-0.2, 0) is 14.3 Å². The van der Waals surface area contributed by atoms with E-state index < -0.39 is 36.6 Å². The van der Waals surface area contributed by atoms with Gasteiger partial charge in [-0.1, -0.05) is 39.0 Å². The maximum atomic E-state index is 12.2. The zero-order valence-electron chi connectivity index (χ0n) is 17.6. The summed E-state index contributed by atoms with van der Waals surface area (Å²) in [5.41, 5.74) is 0. The van der Waals surface area contributed by atoms with Crippen LogP contribution in [0.1, 0.15) is 45.4 Å². The van der Waals surface area contributed by atoms with Gasteiger partial charge in [0.15, 0.2) is 12.4 Å². The Kier molecular flexibility index (Phi) is 11.4. The van der Waals surface area contributed by atoms with Crippen LogP contribution in [0.25, 0.3) is 0 Å². The van der Waals surface area contributed by atoms with Gasteiger partial charge in [-0.3, -0.25) is 9.69 Å². The van der Waals surface area contributed by atoms with E-state index in [1.807, 2.05) is 0 Å². The number of carbonyl (C=O) groups excluding carboxylic acids is 1. The highest BCUT2D eigenvalue weighted by Crippen LogP contribution is 2.25. The second kappa shape index (κ2) is 13.5. The number of carbonyl (C=O) groups is 1. The summed E-state index contributed by atoms with van der Waals surface area (Å²) in [7, 11) is 0. The Balaban J connectivity index is 1.65. The lowest BCUT2D eigenvalue weighted by molar-refractivity contribution is -0.181. The van der Waals surface area contributed by atoms with Gasteiger partial charge in [0.2, 0.25) is 0 Å². The minimum Gasteiger partial charge on any atom is -0.387 e. The van der Waals surface area contributed by atoms with Crippen molar-refractivity contribution in [2.45, 2.75) is 76.2 Å². The molecule has 2 fully saturated rings. The van der Waals surface area contributed by atoms with Crippen LogP contribution in [0.15, 0.2) is 0 Å². The number of rotatable bonds is 13. The largest absolute Gasteiger partial charge is 0.387 e. The van der Waals surface area contributed by atoms with Crippen LogP contribution in [0, 0.1) is 0 Å². The third-order valence-electron chi connectivity index (χ3n) is 5.55. The molecule has 0 aromatic heterocycles. The Morgan fingerprint density at radius 3 is 2.59 bits per heavy atom. The van der Waals surface area contributed by atoms with Crippen LogP contribution in [0.3, 0.4) is 0 Å². The molecule has 9 heteroatoms. The fourth-order valence-electron chi connectivity index (χ4n) is 3.68. The average Bonchev–Trinajstić information content (AvgIpc) is 3.01. The highest BCUT2D eigenvalue weighted by molar-refractivity contribution is 5.81. The van der Waals surface area contributed by atoms with E-state index in [4.69, 9.17) is 9.47 Å². The molecule has 5 N–H and O–H groups in total. The van der Waals surface area contributed by atoms with Crippen molar-refractivity contribution in [1.29, 1.82) is 0 Å². The zero-order chi connectivity index (χ0) is 21.1. The van der Waals surface area contributed by atoms with Crippen LogP contribution >= 0.6 is 0 Å². The monoisotopic (exact) mass is 417 g/mol. The number of piperazine rings is 1. The van der Waals surface area contributed by atoms with Gasteiger partial charge < -0.3 is 35.4 Å². The number of aliphatic hydroxyl groups excluding tert-OH is 3. The molecule has 5 atom stereocenters. The molecule has 2 aliphatic rings. The van der Waals surface area contributed by atoms with Gasteiger partial charge in [0.05, 0.1) is 0 Å². The summed E-state index contributed by atoms with van der Waals surface area (Å²) >= 11 is 0. The van der Waals surface area contributed by atoms with E-state index in [2.05, 4.69) is 22.5 Å². The van der Waals surface area contributed by atoms with Crippen LogP contribution in [0.4, 0.5) is 0 Å². The fourth-order valence-corrected chi connectivity index (χ4v) is 3.68. The van der Waals surface area contributed by atoms with E-state index in [0.717, 1.165) is 45.4 Å². The van der Waals surface area contributed by atoms with E-state index in [0.29, 0.717) is 19.7 Å². The number of aliphatic hydroxyl groups is 3. The second-order valence-electron chi connectivity index (χ2n) is 7.92. The summed E-state index contributed by atoms with van der Waals surface area (Å²) in [6, 6.07) is 0. The number of amides is 1. The molecule has 0 spiro atoms. The maximum Gasteiger partial charge on any atom is 0.251 e. The lowest BCUT2D eigenvalue weighted by atomic mass is 10.1. The first-order valence-corrected chi connectivity index (χ1v) is 11.1. The zero-order valence-corrected chi connectivity index (χ0v) is 17.6. The number of hydrogen-bond donors (Lipinski definition) is 5. The molecule has 0 aromatic carbocycles. The molecule has 1 amide bonds. The summed E-state index contributed by atoms with van der Waals surface area (Å²) in [4.78, 5) is 14.4. The molecule has 0 bridgehead atoms. The Morgan fingerprint density at radius 1 is 1.17 bits per heavy atom. The predicted molar refractivity (Wildman–Crippen MR) is 108 cm³/mol. The average molecular weight is 418 g/mol. The predicted octanol–water partition coefficient (Wildman–Crippen LogP) is -0.807. The molecular weight excluding hydrogens is 378 g/mol. The SMILES string of the molecule is CCCCCCCCO[C@@H]1O[C@@H]([C@H](O)C(=O)NCCN2CCNCC2)[C@H](O)[C@H]1O. The highest BCUT2D eigenvalue weighted by Gasteiger charge is 2.48. The first kappa shape index (κ1) is 24.5. The Bertz CT molecular complexity index is 463. The van der Waals surface area contributed by atoms with E-state index in [1.54, 1.807) is 0 Å². The van der Waals surface area contributed by atoms with Crippen LogP contribution in [0.2, 0.25) is 0 Å². The fraction of sp³-hybridized carbons (Fsp3) is 0.950. The molecule has 0 aromatic rings. The maximum absolute atomic E-state index is 12.2. The lowest BCUT2D eigenvalue weighted by Gasteiger charge is -2.27. The second-order valence-corrected chi connectivity index (χ2v) is 7.92. The van der Waals surface area contributed by atoms with Crippen LogP contribution in [-0.4, -0.2) is 103 Å². The normalized spacial score (nSPS) is 29.1. The Labute approximate surface area is 173 Å². The van der Waals surface area contributed by atoms with Gasteiger partial charge in [-0.25, -0.2) is 0 Å². The molecule has 0 aliphatic carbocycles. The molecule has 0 unspecified atom stereocenters. The van der Waals surface area contributed by atoms with E-state index >= 15 is 0 Å². The van der Waals surface area contributed by atoms with Crippen molar-refractivity contribution in [2.75, 3.05) is 45.9 Å². The van der Waals surface area contributed by atoms with Crippen molar-refractivity contribution < 1.29 is 29.6 Å². The number of unbranched alkanes of at least 4 members (excludes halogenated alkanes) is 5. The number of nitrogens with zero attached hydrogens (tertiary/aromatic N) is 1. The van der Waals surface area contributed by atoms with Crippen molar-refractivity contribution in [1.82, 2.24) is 15.5 Å². The van der Waals surface area contributed by atoms with Gasteiger partial charge in [0.25, 0.3) is 5.91 Å². The number of ether oxygens (including phenoxy) is 2. The Morgan fingerprint density at radius 2 is 1.86 bits per heavy atom. The van der Waals surface area contributed by atoms with Gasteiger partial charge in [0, 0.05) is 45.9 Å². The van der Waals surface area contributed by atoms with Crippen molar-refractivity contribution in [3.8, 4) is 0 Å². The molecule has 2 saturated heterocycles. The van der Waals surface area contributed by atoms with Gasteiger partial charge in [-0.2, -0.15) is 0 Å². The Hall–Kier alpha value is -0.810. The van der Waals surface area contributed by atoms with Gasteiger partial charge in [0.1, 0.15) is 18.3 Å². The van der Waals surface area contributed by atoms with Gasteiger partial charge in [-0.05, 0) is 6.42 Å². The molecule has 29 heavy (non-hydrogen) atoms. The number of hydrogen-bond acceptors (Lipinski definition) is 8. The molecule has 0 saturated carbocycles. The van der Waals surface area contributed by atoms with Crippen molar-refractivity contribution in [2.24, 2.45) is 0 Å². The summed E-state index contributed by atoms with van der Waals surface area (Å²) in [6.45, 7) is 7.37. The molecule has 0 radical (unpaired) electrons. The molecule has 2 heterocycles. The molecular formula is C20H39N3O6. The third kappa shape index (κ3) is 8.09. The highest BCUT2D eigenvalue weighted by atomic mass is 16.7. The topological polar surface area (TPSA) is 124 Å². The van der Waals surface area contributed by atoms with Crippen molar-refractivity contribution in [3.05, 3.63) is 0 Å². The first-order valence-electron chi connectivity index (χ1n) is 11.1. The molecule has 2 rings (SSSR count). The van der Waals surface area contributed by atoms with Crippen molar-refractivity contribution in [3.63, 3.8) is 0 Å². The molecule has 2 aliphatic heterocycles. The lowest BCUT2D eigenvalue weighted by Crippen LogP contribution is -2.50. The molecule has 170 valence electrons.